The average Bonchev–Trinajstić information content (AvgIpc) is 2.76. The van der Waals surface area contributed by atoms with Crippen molar-refractivity contribution in [1.82, 2.24) is 5.32 Å². The van der Waals surface area contributed by atoms with E-state index in [1.807, 2.05) is 18.2 Å². The van der Waals surface area contributed by atoms with Gasteiger partial charge in [-0.3, -0.25) is 4.79 Å². The molecule has 1 amide bonds. The van der Waals surface area contributed by atoms with Gasteiger partial charge < -0.3 is 10.1 Å². The molecule has 1 aliphatic heterocycles. The maximum absolute atomic E-state index is 11.7. The van der Waals surface area contributed by atoms with Gasteiger partial charge in [-0.25, -0.2) is 0 Å². The Labute approximate surface area is 93.8 Å². The highest BCUT2D eigenvalue weighted by Crippen LogP contribution is 2.20. The molecule has 1 heterocycles. The Morgan fingerprint density at radius 2 is 2.25 bits per heavy atom. The molecule has 1 aromatic carbocycles. The lowest BCUT2D eigenvalue weighted by Gasteiger charge is -2.04. The van der Waals surface area contributed by atoms with E-state index in [1.165, 1.54) is 0 Å². The zero-order valence-corrected chi connectivity index (χ0v) is 8.82. The highest BCUT2D eigenvalue weighted by atomic mass is 16.5. The van der Waals surface area contributed by atoms with E-state index < -0.39 is 0 Å². The molecule has 0 aromatic heterocycles. The second kappa shape index (κ2) is 4.77. The van der Waals surface area contributed by atoms with Crippen LogP contribution < -0.4 is 5.32 Å². The number of carbonyl (C=O) groups excluding carboxylic acids is 1. The van der Waals surface area contributed by atoms with Crippen molar-refractivity contribution < 1.29 is 9.53 Å². The van der Waals surface area contributed by atoms with Gasteiger partial charge >= 0.3 is 0 Å². The Kier molecular flexibility index (Phi) is 3.18. The van der Waals surface area contributed by atoms with Gasteiger partial charge in [0.25, 0.3) is 5.91 Å². The molecule has 0 radical (unpaired) electrons. The van der Waals surface area contributed by atoms with Gasteiger partial charge in [-0.2, -0.15) is 5.26 Å². The van der Waals surface area contributed by atoms with Gasteiger partial charge in [-0.1, -0.05) is 6.07 Å². The van der Waals surface area contributed by atoms with Crippen LogP contribution in [-0.2, 0) is 18.0 Å². The molecule has 4 heteroatoms. The van der Waals surface area contributed by atoms with Gasteiger partial charge in [-0.15, -0.1) is 0 Å². The molecule has 0 bridgehead atoms. The zero-order chi connectivity index (χ0) is 11.4. The lowest BCUT2D eigenvalue weighted by Crippen LogP contribution is -2.24. The Balaban J connectivity index is 2.04. The Morgan fingerprint density at radius 3 is 3.06 bits per heavy atom. The summed E-state index contributed by atoms with van der Waals surface area (Å²) in [7, 11) is 0. The number of carbonyl (C=O) groups is 1. The fourth-order valence-electron chi connectivity index (χ4n) is 1.65. The first-order chi connectivity index (χ1) is 7.81. The van der Waals surface area contributed by atoms with E-state index >= 15 is 0 Å². The summed E-state index contributed by atoms with van der Waals surface area (Å²) in [5.41, 5.74) is 2.85. The first kappa shape index (κ1) is 10.7. The van der Waals surface area contributed by atoms with Crippen molar-refractivity contribution in [3.63, 3.8) is 0 Å². The van der Waals surface area contributed by atoms with Gasteiger partial charge in [0.2, 0.25) is 0 Å². The van der Waals surface area contributed by atoms with E-state index in [0.717, 1.165) is 11.1 Å². The highest BCUT2D eigenvalue weighted by Gasteiger charge is 2.13. The van der Waals surface area contributed by atoms with Crippen molar-refractivity contribution in [1.29, 1.82) is 5.26 Å². The summed E-state index contributed by atoms with van der Waals surface area (Å²) >= 11 is 0. The summed E-state index contributed by atoms with van der Waals surface area (Å²) < 4.78 is 5.27. The summed E-state index contributed by atoms with van der Waals surface area (Å²) in [6, 6.07) is 7.54. The lowest BCUT2D eigenvalue weighted by atomic mass is 10.1. The summed E-state index contributed by atoms with van der Waals surface area (Å²) in [5.74, 6) is -0.134. The number of rotatable bonds is 3. The molecule has 16 heavy (non-hydrogen) atoms. The van der Waals surface area contributed by atoms with Crippen molar-refractivity contribution in [3.8, 4) is 6.07 Å². The van der Waals surface area contributed by atoms with Crippen LogP contribution in [0.25, 0.3) is 0 Å². The zero-order valence-electron chi connectivity index (χ0n) is 8.82. The number of nitrogens with one attached hydrogen (secondary N) is 1. The number of nitriles is 1. The smallest absolute Gasteiger partial charge is 0.251 e. The van der Waals surface area contributed by atoms with Crippen LogP contribution in [0.4, 0.5) is 0 Å². The van der Waals surface area contributed by atoms with E-state index in [2.05, 4.69) is 5.32 Å². The molecule has 1 aromatic rings. The molecule has 0 aliphatic carbocycles. The van der Waals surface area contributed by atoms with E-state index in [0.29, 0.717) is 31.7 Å². The fraction of sp³-hybridized carbons (Fsp3) is 0.333. The Bertz CT molecular complexity index is 449. The standard InChI is InChI=1S/C12H12N2O2/c13-4-1-5-14-12(15)9-2-3-10-7-16-8-11(10)6-9/h2-3,6H,1,5,7-8H2,(H,14,15). The summed E-state index contributed by atoms with van der Waals surface area (Å²) in [6.45, 7) is 1.60. The number of ether oxygens (including phenoxy) is 1. The van der Waals surface area contributed by atoms with Crippen molar-refractivity contribution in [3.05, 3.63) is 34.9 Å². The molecule has 2 rings (SSSR count). The molecule has 0 saturated carbocycles. The molecule has 1 N–H and O–H groups in total. The van der Waals surface area contributed by atoms with E-state index in [1.54, 1.807) is 6.07 Å². The van der Waals surface area contributed by atoms with Crippen LogP contribution in [0.15, 0.2) is 18.2 Å². The molecule has 0 saturated heterocycles. The van der Waals surface area contributed by atoms with Crippen LogP contribution in [-0.4, -0.2) is 12.5 Å². The molecule has 4 nitrogen and oxygen atoms in total. The largest absolute Gasteiger partial charge is 0.372 e. The molecular weight excluding hydrogens is 204 g/mol. The average molecular weight is 216 g/mol. The Hall–Kier alpha value is -1.86. The van der Waals surface area contributed by atoms with Crippen molar-refractivity contribution in [2.45, 2.75) is 19.6 Å². The minimum atomic E-state index is -0.134. The molecule has 0 unspecified atom stereocenters. The van der Waals surface area contributed by atoms with Gasteiger partial charge in [-0.05, 0) is 23.3 Å². The Morgan fingerprint density at radius 1 is 1.44 bits per heavy atom. The third kappa shape index (κ3) is 2.20. The van der Waals surface area contributed by atoms with Crippen LogP contribution >= 0.6 is 0 Å². The topological polar surface area (TPSA) is 62.1 Å². The van der Waals surface area contributed by atoms with Gasteiger partial charge in [0.1, 0.15) is 0 Å². The van der Waals surface area contributed by atoms with Crippen molar-refractivity contribution in [2.24, 2.45) is 0 Å². The van der Waals surface area contributed by atoms with Crippen LogP contribution in [0.5, 0.6) is 0 Å². The number of benzene rings is 1. The number of hydrogen-bond donors (Lipinski definition) is 1. The normalized spacial score (nSPS) is 12.9. The third-order valence-electron chi connectivity index (χ3n) is 2.51. The molecule has 0 spiro atoms. The van der Waals surface area contributed by atoms with Gasteiger partial charge in [0, 0.05) is 12.1 Å². The van der Waals surface area contributed by atoms with Crippen LogP contribution in [0.1, 0.15) is 27.9 Å². The van der Waals surface area contributed by atoms with Crippen LogP contribution in [0.2, 0.25) is 0 Å². The number of amides is 1. The van der Waals surface area contributed by atoms with Crippen LogP contribution in [0.3, 0.4) is 0 Å². The molecular formula is C12H12N2O2. The van der Waals surface area contributed by atoms with Gasteiger partial charge in [0.05, 0.1) is 25.7 Å². The SMILES string of the molecule is N#CCCNC(=O)c1ccc2c(c1)COC2. The summed E-state index contributed by atoms with van der Waals surface area (Å²) in [5, 5.41) is 11.0. The second-order valence-corrected chi connectivity index (χ2v) is 3.64. The molecule has 0 fully saturated rings. The molecule has 82 valence electrons. The fourth-order valence-corrected chi connectivity index (χ4v) is 1.65. The lowest BCUT2D eigenvalue weighted by molar-refractivity contribution is 0.0954. The molecule has 1 aliphatic rings. The monoisotopic (exact) mass is 216 g/mol. The highest BCUT2D eigenvalue weighted by molar-refractivity contribution is 5.94. The van der Waals surface area contributed by atoms with Crippen molar-refractivity contribution >= 4 is 5.91 Å². The number of hydrogen-bond acceptors (Lipinski definition) is 3. The number of fused-ring (bicyclic) bond motifs is 1. The summed E-state index contributed by atoms with van der Waals surface area (Å²) in [6.07, 6.45) is 0.333. The minimum Gasteiger partial charge on any atom is -0.372 e. The third-order valence-corrected chi connectivity index (χ3v) is 2.51. The van der Waals surface area contributed by atoms with Crippen LogP contribution in [0, 0.1) is 11.3 Å². The number of nitrogens with zero attached hydrogens (tertiary/aromatic N) is 1. The molecule has 0 atom stereocenters. The first-order valence-corrected chi connectivity index (χ1v) is 5.16. The van der Waals surface area contributed by atoms with Crippen molar-refractivity contribution in [2.75, 3.05) is 6.54 Å². The predicted molar refractivity (Wildman–Crippen MR) is 57.5 cm³/mol. The summed E-state index contributed by atoms with van der Waals surface area (Å²) in [4.78, 5) is 11.7. The van der Waals surface area contributed by atoms with E-state index in [9.17, 15) is 4.79 Å². The first-order valence-electron chi connectivity index (χ1n) is 5.16. The maximum Gasteiger partial charge on any atom is 0.251 e. The maximum atomic E-state index is 11.7. The van der Waals surface area contributed by atoms with Gasteiger partial charge in [0.15, 0.2) is 0 Å². The van der Waals surface area contributed by atoms with E-state index in [-0.39, 0.29) is 5.91 Å². The second-order valence-electron chi connectivity index (χ2n) is 3.64. The predicted octanol–water partition coefficient (Wildman–Crippen LogP) is 1.36. The minimum absolute atomic E-state index is 0.134. The van der Waals surface area contributed by atoms with E-state index in [4.69, 9.17) is 10.00 Å². The quantitative estimate of drug-likeness (QED) is 0.776.